The van der Waals surface area contributed by atoms with Gasteiger partial charge >= 0.3 is 23.1 Å². The molecule has 49 heavy (non-hydrogen) atoms. The Kier molecular flexibility index (Phi) is 41.8. The van der Waals surface area contributed by atoms with Crippen molar-refractivity contribution in [2.24, 2.45) is 0 Å². The van der Waals surface area contributed by atoms with Crippen molar-refractivity contribution in [1.82, 2.24) is 10.6 Å². The fourth-order valence-corrected chi connectivity index (χ4v) is 6.12. The zero-order valence-corrected chi connectivity index (χ0v) is 34.5. The monoisotopic (exact) mass is 748 g/mol. The van der Waals surface area contributed by atoms with E-state index < -0.39 is 31.7 Å². The van der Waals surface area contributed by atoms with Crippen molar-refractivity contribution >= 4 is 55.1 Å². The predicted octanol–water partition coefficient (Wildman–Crippen LogP) is 7.88. The molecular formula is C36H72MgN2O8S2. The van der Waals surface area contributed by atoms with Gasteiger partial charge in [0.1, 0.15) is 0 Å². The second kappa shape index (κ2) is 38.8. The van der Waals surface area contributed by atoms with Crippen molar-refractivity contribution in [3.05, 3.63) is 0 Å². The minimum Gasteiger partial charge on any atom is -0.748 e. The normalized spacial score (nSPS) is 11.3. The smallest absolute Gasteiger partial charge is 0.748 e. The summed E-state index contributed by atoms with van der Waals surface area (Å²) in [4.78, 5) is 22.8. The van der Waals surface area contributed by atoms with Crippen molar-refractivity contribution in [3.63, 3.8) is 0 Å². The second-order valence-electron chi connectivity index (χ2n) is 13.2. The molecule has 0 bridgehead atoms. The van der Waals surface area contributed by atoms with Gasteiger partial charge in [-0.25, -0.2) is 16.8 Å². The molecule has 0 aromatic heterocycles. The first-order chi connectivity index (χ1) is 22.9. The first kappa shape index (κ1) is 52.9. The first-order valence-corrected chi connectivity index (χ1v) is 22.5. The van der Waals surface area contributed by atoms with Crippen LogP contribution in [0.1, 0.15) is 194 Å². The SMILES string of the molecule is CCCCCCCCCCCCCCCC(=O)NCCS(=O)(=O)[O-].CCCCCCCCCCCCCCCC(=O)NCCS(=O)(=O)[O-].[Mg+2]. The Labute approximate surface area is 317 Å². The van der Waals surface area contributed by atoms with Crippen LogP contribution in [0.5, 0.6) is 0 Å². The van der Waals surface area contributed by atoms with E-state index in [0.29, 0.717) is 12.8 Å². The van der Waals surface area contributed by atoms with E-state index >= 15 is 0 Å². The van der Waals surface area contributed by atoms with Crippen LogP contribution < -0.4 is 10.6 Å². The summed E-state index contributed by atoms with van der Waals surface area (Å²) in [5.41, 5.74) is 0. The van der Waals surface area contributed by atoms with E-state index in [-0.39, 0.29) is 48.0 Å². The van der Waals surface area contributed by atoms with Crippen molar-refractivity contribution in [1.29, 1.82) is 0 Å². The quantitative estimate of drug-likeness (QED) is 0.0380. The third-order valence-corrected chi connectivity index (χ3v) is 9.77. The van der Waals surface area contributed by atoms with Gasteiger partial charge in [-0.05, 0) is 12.8 Å². The van der Waals surface area contributed by atoms with Gasteiger partial charge in [-0.2, -0.15) is 0 Å². The Hall–Kier alpha value is -0.474. The molecule has 0 radical (unpaired) electrons. The third kappa shape index (κ3) is 52.0. The number of carbonyl (C=O) groups excluding carboxylic acids is 2. The molecule has 0 aromatic rings. The zero-order chi connectivity index (χ0) is 36.2. The largest absolute Gasteiger partial charge is 2.00 e. The van der Waals surface area contributed by atoms with Gasteiger partial charge in [0, 0.05) is 25.9 Å². The summed E-state index contributed by atoms with van der Waals surface area (Å²) < 4.78 is 62.3. The maximum Gasteiger partial charge on any atom is 2.00 e. The van der Waals surface area contributed by atoms with Gasteiger partial charge in [-0.1, -0.05) is 168 Å². The molecule has 0 aliphatic heterocycles. The van der Waals surface area contributed by atoms with E-state index in [1.54, 1.807) is 0 Å². The van der Waals surface area contributed by atoms with Crippen LogP contribution in [-0.2, 0) is 29.8 Å². The standard InChI is InChI=1S/2C18H37NO4S.Mg/c2*1-2-3-4-5-6-7-8-9-10-11-12-13-14-15-18(20)19-16-17-24(21,22)23;/h2*2-17H2,1H3,(H,19,20)(H,21,22,23);/q;;+2/p-2. The molecule has 0 aliphatic rings. The molecule has 2 amide bonds. The van der Waals surface area contributed by atoms with E-state index in [1.165, 1.54) is 128 Å². The van der Waals surface area contributed by atoms with Crippen molar-refractivity contribution in [3.8, 4) is 0 Å². The van der Waals surface area contributed by atoms with E-state index in [0.717, 1.165) is 38.5 Å². The van der Waals surface area contributed by atoms with Crippen LogP contribution in [0.3, 0.4) is 0 Å². The number of hydrogen-bond donors (Lipinski definition) is 2. The molecule has 0 aromatic carbocycles. The first-order valence-electron chi connectivity index (χ1n) is 19.3. The van der Waals surface area contributed by atoms with Gasteiger partial charge in [0.25, 0.3) is 0 Å². The number of unbranched alkanes of at least 4 members (excludes halogenated alkanes) is 24. The molecule has 0 saturated heterocycles. The summed E-state index contributed by atoms with van der Waals surface area (Å²) >= 11 is 0. The van der Waals surface area contributed by atoms with Crippen LogP contribution in [-0.4, -0.2) is 85.4 Å². The summed E-state index contributed by atoms with van der Waals surface area (Å²) in [6.07, 6.45) is 33.6. The molecular weight excluding hydrogens is 677 g/mol. The topological polar surface area (TPSA) is 173 Å². The van der Waals surface area contributed by atoms with Gasteiger partial charge in [-0.3, -0.25) is 9.59 Å². The molecule has 0 unspecified atom stereocenters. The minimum absolute atomic E-state index is 0. The van der Waals surface area contributed by atoms with E-state index in [9.17, 15) is 35.5 Å². The van der Waals surface area contributed by atoms with Crippen LogP contribution in [0.15, 0.2) is 0 Å². The third-order valence-electron chi connectivity index (χ3n) is 8.36. The molecule has 0 saturated carbocycles. The van der Waals surface area contributed by atoms with Crippen molar-refractivity contribution in [2.75, 3.05) is 24.6 Å². The maximum absolute atomic E-state index is 11.4. The van der Waals surface area contributed by atoms with Gasteiger partial charge in [-0.15, -0.1) is 0 Å². The fourth-order valence-electron chi connectivity index (χ4n) is 5.41. The zero-order valence-electron chi connectivity index (χ0n) is 31.4. The predicted molar refractivity (Wildman–Crippen MR) is 202 cm³/mol. The molecule has 288 valence electrons. The maximum atomic E-state index is 11.4. The van der Waals surface area contributed by atoms with E-state index in [2.05, 4.69) is 24.5 Å². The second-order valence-corrected chi connectivity index (χ2v) is 16.3. The molecule has 0 rings (SSSR count). The van der Waals surface area contributed by atoms with Crippen LogP contribution in [0.25, 0.3) is 0 Å². The number of nitrogens with one attached hydrogen (secondary N) is 2. The summed E-state index contributed by atoms with van der Waals surface area (Å²) in [7, 11) is -8.47. The minimum atomic E-state index is -4.23. The average Bonchev–Trinajstić information content (AvgIpc) is 3.01. The van der Waals surface area contributed by atoms with Crippen molar-refractivity contribution < 1.29 is 35.5 Å². The molecule has 0 fully saturated rings. The molecule has 0 spiro atoms. The number of hydrogen-bond acceptors (Lipinski definition) is 8. The Bertz CT molecular complexity index is 875. The van der Waals surface area contributed by atoms with Gasteiger partial charge in [0.05, 0.1) is 31.7 Å². The fraction of sp³-hybridized carbons (Fsp3) is 0.944. The Morgan fingerprint density at radius 3 is 0.816 bits per heavy atom. The summed E-state index contributed by atoms with van der Waals surface area (Å²) in [5, 5.41) is 4.93. The van der Waals surface area contributed by atoms with Gasteiger partial charge < -0.3 is 19.7 Å². The summed E-state index contributed by atoms with van der Waals surface area (Å²) in [6.45, 7) is 4.33. The molecule has 13 heteroatoms. The Morgan fingerprint density at radius 1 is 0.408 bits per heavy atom. The van der Waals surface area contributed by atoms with Crippen molar-refractivity contribution in [2.45, 2.75) is 194 Å². The van der Waals surface area contributed by atoms with E-state index in [1.807, 2.05) is 0 Å². The molecule has 0 atom stereocenters. The van der Waals surface area contributed by atoms with Gasteiger partial charge in [0.2, 0.25) is 11.8 Å². The number of carbonyl (C=O) groups is 2. The Morgan fingerprint density at radius 2 is 0.612 bits per heavy atom. The summed E-state index contributed by atoms with van der Waals surface area (Å²) in [6, 6.07) is 0. The van der Waals surface area contributed by atoms with Crippen LogP contribution in [0, 0.1) is 0 Å². The molecule has 0 aliphatic carbocycles. The number of rotatable bonds is 34. The van der Waals surface area contributed by atoms with Crippen LogP contribution >= 0.6 is 0 Å². The molecule has 0 heterocycles. The number of amides is 2. The average molecular weight is 749 g/mol. The Balaban J connectivity index is -0.000000846. The van der Waals surface area contributed by atoms with E-state index in [4.69, 9.17) is 0 Å². The molecule has 10 nitrogen and oxygen atoms in total. The summed E-state index contributed by atoms with van der Waals surface area (Å²) in [5.74, 6) is -1.39. The van der Waals surface area contributed by atoms with Crippen LogP contribution in [0.2, 0.25) is 0 Å². The van der Waals surface area contributed by atoms with Gasteiger partial charge in [0.15, 0.2) is 0 Å². The van der Waals surface area contributed by atoms with Crippen LogP contribution in [0.4, 0.5) is 0 Å². The molecule has 2 N–H and O–H groups in total.